The van der Waals surface area contributed by atoms with Gasteiger partial charge in [0.15, 0.2) is 0 Å². The van der Waals surface area contributed by atoms with E-state index in [9.17, 15) is 18.0 Å². The highest BCUT2D eigenvalue weighted by Crippen LogP contribution is 2.27. The highest BCUT2D eigenvalue weighted by atomic mass is 35.5. The highest BCUT2D eigenvalue weighted by Gasteiger charge is 2.29. The molecule has 3 rings (SSSR count). The van der Waals surface area contributed by atoms with Gasteiger partial charge in [0.2, 0.25) is 15.9 Å². The molecule has 1 heterocycles. The van der Waals surface area contributed by atoms with Crippen molar-refractivity contribution in [3.8, 4) is 5.75 Å². The summed E-state index contributed by atoms with van der Waals surface area (Å²) in [7, 11) is -2.21. The molecule has 8 nitrogen and oxygen atoms in total. The first-order chi connectivity index (χ1) is 15.3. The Morgan fingerprint density at radius 2 is 1.84 bits per heavy atom. The lowest BCUT2D eigenvalue weighted by Gasteiger charge is -2.22. The van der Waals surface area contributed by atoms with E-state index in [2.05, 4.69) is 5.32 Å². The number of hydrogen-bond donors (Lipinski definition) is 1. The van der Waals surface area contributed by atoms with E-state index in [1.807, 2.05) is 0 Å². The Bertz CT molecular complexity index is 1100. The van der Waals surface area contributed by atoms with Crippen molar-refractivity contribution in [2.45, 2.75) is 24.7 Å². The molecule has 10 heteroatoms. The summed E-state index contributed by atoms with van der Waals surface area (Å²) in [6, 6.07) is 11.0. The first-order valence-electron chi connectivity index (χ1n) is 10.3. The predicted octanol–water partition coefficient (Wildman–Crippen LogP) is 3.23. The molecule has 0 aromatic heterocycles. The van der Waals surface area contributed by atoms with Gasteiger partial charge in [0, 0.05) is 19.6 Å². The number of methoxy groups -OCH3 is 1. The molecule has 0 bridgehead atoms. The fourth-order valence-electron chi connectivity index (χ4n) is 3.51. The predicted molar refractivity (Wildman–Crippen MR) is 123 cm³/mol. The molecule has 0 unspecified atom stereocenters. The SMILES string of the molecule is CCN(CC(=O)Nc1ccccc1OC)C(=O)c1cc(S(=O)(=O)N2CCCC2)ccc1Cl. The molecule has 32 heavy (non-hydrogen) atoms. The summed E-state index contributed by atoms with van der Waals surface area (Å²) in [6.07, 6.45) is 1.62. The lowest BCUT2D eigenvalue weighted by atomic mass is 10.2. The molecule has 0 aliphatic carbocycles. The second-order valence-electron chi connectivity index (χ2n) is 7.32. The van der Waals surface area contributed by atoms with Crippen molar-refractivity contribution in [2.24, 2.45) is 0 Å². The first kappa shape index (κ1) is 24.0. The maximum Gasteiger partial charge on any atom is 0.255 e. The number of sulfonamides is 1. The fourth-order valence-corrected chi connectivity index (χ4v) is 5.26. The van der Waals surface area contributed by atoms with Crippen LogP contribution in [0, 0.1) is 0 Å². The number of hydrogen-bond acceptors (Lipinski definition) is 5. The van der Waals surface area contributed by atoms with E-state index in [1.54, 1.807) is 31.2 Å². The number of ether oxygens (including phenoxy) is 1. The van der Waals surface area contributed by atoms with Crippen LogP contribution in [0.15, 0.2) is 47.4 Å². The zero-order valence-corrected chi connectivity index (χ0v) is 19.6. The Morgan fingerprint density at radius 3 is 2.50 bits per heavy atom. The third-order valence-corrected chi connectivity index (χ3v) is 7.48. The number of anilines is 1. The Kier molecular flexibility index (Phi) is 7.76. The van der Waals surface area contributed by atoms with Crippen LogP contribution in [-0.2, 0) is 14.8 Å². The van der Waals surface area contributed by atoms with Crippen LogP contribution >= 0.6 is 11.6 Å². The van der Waals surface area contributed by atoms with E-state index in [4.69, 9.17) is 16.3 Å². The van der Waals surface area contributed by atoms with Crippen LogP contribution in [-0.4, -0.2) is 62.7 Å². The zero-order chi connectivity index (χ0) is 23.3. The van der Waals surface area contributed by atoms with E-state index >= 15 is 0 Å². The van der Waals surface area contributed by atoms with E-state index < -0.39 is 21.8 Å². The minimum atomic E-state index is -3.70. The van der Waals surface area contributed by atoms with Crippen LogP contribution in [0.3, 0.4) is 0 Å². The number of nitrogens with zero attached hydrogens (tertiary/aromatic N) is 2. The van der Waals surface area contributed by atoms with Gasteiger partial charge in [-0.3, -0.25) is 9.59 Å². The average molecular weight is 480 g/mol. The van der Waals surface area contributed by atoms with E-state index in [-0.39, 0.29) is 28.6 Å². The topological polar surface area (TPSA) is 96.0 Å². The number of para-hydroxylation sites is 2. The third-order valence-electron chi connectivity index (χ3n) is 5.26. The summed E-state index contributed by atoms with van der Waals surface area (Å²) < 4.78 is 32.4. The number of benzene rings is 2. The number of nitrogens with one attached hydrogen (secondary N) is 1. The van der Waals surface area contributed by atoms with Gasteiger partial charge in [-0.05, 0) is 50.1 Å². The summed E-state index contributed by atoms with van der Waals surface area (Å²) in [5.74, 6) is -0.439. The largest absolute Gasteiger partial charge is 0.495 e. The highest BCUT2D eigenvalue weighted by molar-refractivity contribution is 7.89. The molecule has 0 radical (unpaired) electrons. The molecule has 1 saturated heterocycles. The van der Waals surface area contributed by atoms with Crippen molar-refractivity contribution < 1.29 is 22.7 Å². The number of carbonyl (C=O) groups excluding carboxylic acids is 2. The smallest absolute Gasteiger partial charge is 0.255 e. The lowest BCUT2D eigenvalue weighted by molar-refractivity contribution is -0.116. The van der Waals surface area contributed by atoms with Crippen molar-refractivity contribution in [1.29, 1.82) is 0 Å². The van der Waals surface area contributed by atoms with Crippen LogP contribution in [0.4, 0.5) is 5.69 Å². The summed E-state index contributed by atoms with van der Waals surface area (Å²) in [6.45, 7) is 2.65. The molecule has 1 N–H and O–H groups in total. The van der Waals surface area contributed by atoms with Crippen LogP contribution in [0.25, 0.3) is 0 Å². The number of amides is 2. The van der Waals surface area contributed by atoms with Gasteiger partial charge in [-0.1, -0.05) is 23.7 Å². The molecule has 1 aliphatic rings. The zero-order valence-electron chi connectivity index (χ0n) is 18.0. The Labute approximate surface area is 193 Å². The third kappa shape index (κ3) is 5.23. The molecular formula is C22H26ClN3O5S. The molecular weight excluding hydrogens is 454 g/mol. The second kappa shape index (κ2) is 10.3. The standard InChI is InChI=1S/C22H26ClN3O5S/c1-3-25(15-21(27)24-19-8-4-5-9-20(19)31-2)22(28)17-14-16(10-11-18(17)23)32(29,30)26-12-6-7-13-26/h4-5,8-11,14H,3,6-7,12-13,15H2,1-2H3,(H,24,27). The Hall–Kier alpha value is -2.62. The van der Waals surface area contributed by atoms with Gasteiger partial charge in [-0.15, -0.1) is 0 Å². The average Bonchev–Trinajstić information content (AvgIpc) is 3.33. The summed E-state index contributed by atoms with van der Waals surface area (Å²) in [5, 5.41) is 2.85. The molecule has 1 aliphatic heterocycles. The van der Waals surface area contributed by atoms with Gasteiger partial charge in [0.1, 0.15) is 12.3 Å². The number of likely N-dealkylation sites (N-methyl/N-ethyl adjacent to an activating group) is 1. The number of rotatable bonds is 8. The minimum Gasteiger partial charge on any atom is -0.495 e. The normalized spacial score (nSPS) is 14.2. The number of halogens is 1. The van der Waals surface area contributed by atoms with E-state index in [1.165, 1.54) is 34.5 Å². The Morgan fingerprint density at radius 1 is 1.16 bits per heavy atom. The molecule has 2 aromatic carbocycles. The molecule has 0 atom stereocenters. The fraction of sp³-hybridized carbons (Fsp3) is 0.364. The first-order valence-corrected chi connectivity index (χ1v) is 12.1. The van der Waals surface area contributed by atoms with E-state index in [0.29, 0.717) is 24.5 Å². The molecule has 0 spiro atoms. The molecule has 1 fully saturated rings. The quantitative estimate of drug-likeness (QED) is 0.627. The van der Waals surface area contributed by atoms with Crippen molar-refractivity contribution in [1.82, 2.24) is 9.21 Å². The van der Waals surface area contributed by atoms with Gasteiger partial charge in [0.25, 0.3) is 5.91 Å². The lowest BCUT2D eigenvalue weighted by Crippen LogP contribution is -2.38. The van der Waals surface area contributed by atoms with Crippen LogP contribution < -0.4 is 10.1 Å². The minimum absolute atomic E-state index is 0.0154. The molecule has 2 amide bonds. The van der Waals surface area contributed by atoms with Crippen molar-refractivity contribution in [3.63, 3.8) is 0 Å². The maximum absolute atomic E-state index is 13.1. The molecule has 0 saturated carbocycles. The van der Waals surface area contributed by atoms with E-state index in [0.717, 1.165) is 12.8 Å². The summed E-state index contributed by atoms with van der Waals surface area (Å²) in [4.78, 5) is 27.0. The van der Waals surface area contributed by atoms with Gasteiger partial charge < -0.3 is 15.0 Å². The van der Waals surface area contributed by atoms with Gasteiger partial charge in [-0.25, -0.2) is 8.42 Å². The molecule has 172 valence electrons. The van der Waals surface area contributed by atoms with Crippen molar-refractivity contribution in [3.05, 3.63) is 53.1 Å². The van der Waals surface area contributed by atoms with Gasteiger partial charge in [-0.2, -0.15) is 4.31 Å². The monoisotopic (exact) mass is 479 g/mol. The van der Waals surface area contributed by atoms with Crippen LogP contribution in [0.5, 0.6) is 5.75 Å². The molecule has 2 aromatic rings. The maximum atomic E-state index is 13.1. The second-order valence-corrected chi connectivity index (χ2v) is 9.67. The summed E-state index contributed by atoms with van der Waals surface area (Å²) >= 11 is 6.23. The van der Waals surface area contributed by atoms with Crippen LogP contribution in [0.2, 0.25) is 5.02 Å². The van der Waals surface area contributed by atoms with Gasteiger partial charge in [0.05, 0.1) is 28.3 Å². The van der Waals surface area contributed by atoms with Crippen LogP contribution in [0.1, 0.15) is 30.1 Å². The van der Waals surface area contributed by atoms with Crippen molar-refractivity contribution >= 4 is 39.1 Å². The van der Waals surface area contributed by atoms with Crippen molar-refractivity contribution in [2.75, 3.05) is 38.6 Å². The summed E-state index contributed by atoms with van der Waals surface area (Å²) in [5.41, 5.74) is 0.527. The Balaban J connectivity index is 1.79. The number of carbonyl (C=O) groups is 2. The van der Waals surface area contributed by atoms with Gasteiger partial charge >= 0.3 is 0 Å².